The first-order chi connectivity index (χ1) is 11.5. The molecule has 3 aromatic rings. The van der Waals surface area contributed by atoms with Crippen molar-refractivity contribution in [2.75, 3.05) is 5.32 Å². The molecule has 0 atom stereocenters. The van der Waals surface area contributed by atoms with Crippen molar-refractivity contribution in [3.8, 4) is 16.2 Å². The summed E-state index contributed by atoms with van der Waals surface area (Å²) in [5.41, 5.74) is 1.13. The van der Waals surface area contributed by atoms with Crippen LogP contribution in [0.1, 0.15) is 5.56 Å². The molecule has 4 nitrogen and oxygen atoms in total. The van der Waals surface area contributed by atoms with Crippen LogP contribution in [0.4, 0.5) is 9.52 Å². The second-order valence-electron chi connectivity index (χ2n) is 5.01. The molecule has 0 radical (unpaired) electrons. The molecule has 0 saturated heterocycles. The van der Waals surface area contributed by atoms with Crippen molar-refractivity contribution >= 4 is 38.3 Å². The summed E-state index contributed by atoms with van der Waals surface area (Å²) in [7, 11) is 0. The predicted molar refractivity (Wildman–Crippen MR) is 95.6 cm³/mol. The van der Waals surface area contributed by atoms with E-state index >= 15 is 0 Å². The Morgan fingerprint density at radius 1 is 1.25 bits per heavy atom. The summed E-state index contributed by atoms with van der Waals surface area (Å²) in [5.74, 6) is -1.63. The van der Waals surface area contributed by atoms with Crippen LogP contribution in [-0.4, -0.2) is 16.0 Å². The van der Waals surface area contributed by atoms with E-state index in [0.29, 0.717) is 5.13 Å². The van der Waals surface area contributed by atoms with E-state index in [1.807, 2.05) is 24.3 Å². The van der Waals surface area contributed by atoms with Gasteiger partial charge in [0.2, 0.25) is 5.91 Å². The molecule has 3 rings (SSSR count). The molecule has 0 fully saturated rings. The van der Waals surface area contributed by atoms with Gasteiger partial charge in [-0.25, -0.2) is 9.37 Å². The van der Waals surface area contributed by atoms with Crippen LogP contribution >= 0.6 is 27.3 Å². The lowest BCUT2D eigenvalue weighted by atomic mass is 10.1. The number of hydrogen-bond acceptors (Lipinski definition) is 4. The van der Waals surface area contributed by atoms with Gasteiger partial charge in [-0.15, -0.1) is 0 Å². The van der Waals surface area contributed by atoms with Gasteiger partial charge in [-0.3, -0.25) is 4.79 Å². The summed E-state index contributed by atoms with van der Waals surface area (Å²) in [6.07, 6.45) is 1.51. The molecule has 0 aliphatic heterocycles. The zero-order valence-electron chi connectivity index (χ0n) is 12.3. The second kappa shape index (κ2) is 7.11. The minimum atomic E-state index is -0.776. The average Bonchev–Trinajstić information content (AvgIpc) is 3.01. The lowest BCUT2D eigenvalue weighted by molar-refractivity contribution is -0.115. The number of nitrogens with zero attached hydrogens (tertiary/aromatic N) is 1. The van der Waals surface area contributed by atoms with Gasteiger partial charge in [-0.2, -0.15) is 0 Å². The molecule has 2 aromatic carbocycles. The van der Waals surface area contributed by atoms with E-state index in [-0.39, 0.29) is 12.0 Å². The van der Waals surface area contributed by atoms with E-state index in [2.05, 4.69) is 26.2 Å². The van der Waals surface area contributed by atoms with Gasteiger partial charge in [0.15, 0.2) is 16.7 Å². The number of hydrogen-bond donors (Lipinski definition) is 2. The fourth-order valence-corrected chi connectivity index (χ4v) is 3.22. The monoisotopic (exact) mass is 406 g/mol. The van der Waals surface area contributed by atoms with Crippen LogP contribution < -0.4 is 5.32 Å². The zero-order valence-corrected chi connectivity index (χ0v) is 14.7. The first kappa shape index (κ1) is 16.6. The third kappa shape index (κ3) is 3.80. The Morgan fingerprint density at radius 2 is 2.00 bits per heavy atom. The van der Waals surface area contributed by atoms with Crippen LogP contribution in [0.3, 0.4) is 0 Å². The van der Waals surface area contributed by atoms with Crippen molar-refractivity contribution in [2.24, 2.45) is 0 Å². The molecule has 2 N–H and O–H groups in total. The molecule has 24 heavy (non-hydrogen) atoms. The van der Waals surface area contributed by atoms with E-state index < -0.39 is 17.5 Å². The molecule has 122 valence electrons. The van der Waals surface area contributed by atoms with Gasteiger partial charge in [0.1, 0.15) is 0 Å². The summed E-state index contributed by atoms with van der Waals surface area (Å²) in [5, 5.41) is 12.4. The van der Waals surface area contributed by atoms with Gasteiger partial charge in [0, 0.05) is 16.2 Å². The molecule has 1 heterocycles. The van der Waals surface area contributed by atoms with E-state index in [1.165, 1.54) is 29.5 Å². The lowest BCUT2D eigenvalue weighted by Crippen LogP contribution is -2.15. The van der Waals surface area contributed by atoms with Crippen molar-refractivity contribution in [1.82, 2.24) is 4.98 Å². The smallest absolute Gasteiger partial charge is 0.230 e. The zero-order chi connectivity index (χ0) is 17.1. The molecule has 7 heteroatoms. The summed E-state index contributed by atoms with van der Waals surface area (Å²) >= 11 is 4.72. The minimum absolute atomic E-state index is 0.136. The van der Waals surface area contributed by atoms with Crippen LogP contribution in [0, 0.1) is 5.82 Å². The number of thiazole rings is 1. The van der Waals surface area contributed by atoms with Crippen LogP contribution in [-0.2, 0) is 11.2 Å². The summed E-state index contributed by atoms with van der Waals surface area (Å²) in [4.78, 5) is 17.1. The van der Waals surface area contributed by atoms with Crippen molar-refractivity contribution in [3.63, 3.8) is 0 Å². The number of carbonyl (C=O) groups excluding carboxylic acids is 1. The predicted octanol–water partition coefficient (Wildman–Crippen LogP) is 4.60. The first-order valence-corrected chi connectivity index (χ1v) is 8.62. The molecule has 1 amide bonds. The minimum Gasteiger partial charge on any atom is -0.505 e. The molecule has 1 aromatic heterocycles. The van der Waals surface area contributed by atoms with Crippen LogP contribution in [0.2, 0.25) is 0 Å². The number of nitrogens with one attached hydrogen (secondary N) is 1. The van der Waals surface area contributed by atoms with Gasteiger partial charge >= 0.3 is 0 Å². The van der Waals surface area contributed by atoms with E-state index in [0.717, 1.165) is 14.9 Å². The van der Waals surface area contributed by atoms with Gasteiger partial charge in [-0.05, 0) is 23.8 Å². The van der Waals surface area contributed by atoms with E-state index in [9.17, 15) is 14.3 Å². The number of phenolic OH excluding ortho intramolecular Hbond substituents is 1. The Kier molecular flexibility index (Phi) is 4.92. The highest BCUT2D eigenvalue weighted by molar-refractivity contribution is 9.10. The molecule has 0 saturated carbocycles. The van der Waals surface area contributed by atoms with E-state index in [1.54, 1.807) is 6.20 Å². The number of halogens is 2. The molecule has 0 bridgehead atoms. The first-order valence-electron chi connectivity index (χ1n) is 7.01. The van der Waals surface area contributed by atoms with Gasteiger partial charge in [0.25, 0.3) is 0 Å². The molecular formula is C17H12BrFN2O2S. The van der Waals surface area contributed by atoms with Gasteiger partial charge in [0.05, 0.1) is 11.3 Å². The Morgan fingerprint density at radius 3 is 2.75 bits per heavy atom. The van der Waals surface area contributed by atoms with Crippen molar-refractivity contribution in [2.45, 2.75) is 6.42 Å². The quantitative estimate of drug-likeness (QED) is 0.665. The summed E-state index contributed by atoms with van der Waals surface area (Å²) in [6.45, 7) is 0. The Bertz CT molecular complexity index is 881. The highest BCUT2D eigenvalue weighted by Crippen LogP contribution is 2.30. The molecule has 0 spiro atoms. The Hall–Kier alpha value is -2.25. The molecule has 0 aliphatic rings. The largest absolute Gasteiger partial charge is 0.505 e. The summed E-state index contributed by atoms with van der Waals surface area (Å²) < 4.78 is 14.7. The maximum atomic E-state index is 13.7. The number of aromatic hydroxyl groups is 1. The molecule has 0 unspecified atom stereocenters. The van der Waals surface area contributed by atoms with Crippen LogP contribution in [0.15, 0.2) is 53.1 Å². The van der Waals surface area contributed by atoms with Gasteiger partial charge < -0.3 is 10.4 Å². The highest BCUT2D eigenvalue weighted by atomic mass is 79.9. The Balaban J connectivity index is 1.69. The third-order valence-corrected chi connectivity index (χ3v) is 4.78. The number of aromatic nitrogens is 1. The number of amides is 1. The maximum absolute atomic E-state index is 13.7. The second-order valence-corrected chi connectivity index (χ2v) is 6.96. The summed E-state index contributed by atoms with van der Waals surface area (Å²) in [6, 6.07) is 12.0. The van der Waals surface area contributed by atoms with Crippen molar-refractivity contribution in [3.05, 3.63) is 64.5 Å². The van der Waals surface area contributed by atoms with Crippen molar-refractivity contribution in [1.29, 1.82) is 0 Å². The fraction of sp³-hybridized carbons (Fsp3) is 0.0588. The van der Waals surface area contributed by atoms with Crippen molar-refractivity contribution < 1.29 is 14.3 Å². The van der Waals surface area contributed by atoms with Crippen LogP contribution in [0.25, 0.3) is 10.4 Å². The third-order valence-electron chi connectivity index (χ3n) is 3.29. The standard InChI is InChI=1S/C17H12BrFN2O2S/c18-12-6-4-10(5-7-12)14-9-20-17(24-14)21-15(23)8-11-2-1-3-13(22)16(11)19/h1-7,9,22H,8H2,(H,20,21,23). The maximum Gasteiger partial charge on any atom is 0.230 e. The molecule has 0 aliphatic carbocycles. The Labute approximate surface area is 150 Å². The van der Waals surface area contributed by atoms with Crippen LogP contribution in [0.5, 0.6) is 5.75 Å². The van der Waals surface area contributed by atoms with E-state index in [4.69, 9.17) is 0 Å². The SMILES string of the molecule is O=C(Cc1cccc(O)c1F)Nc1ncc(-c2ccc(Br)cc2)s1. The lowest BCUT2D eigenvalue weighted by Gasteiger charge is -2.04. The number of carbonyl (C=O) groups is 1. The molecular weight excluding hydrogens is 395 g/mol. The normalized spacial score (nSPS) is 10.6. The number of benzene rings is 2. The average molecular weight is 407 g/mol. The fourth-order valence-electron chi connectivity index (χ4n) is 2.12. The number of anilines is 1. The number of phenols is 1. The van der Waals surface area contributed by atoms with Gasteiger partial charge in [-0.1, -0.05) is 51.5 Å². The topological polar surface area (TPSA) is 62.2 Å². The number of rotatable bonds is 4. The highest BCUT2D eigenvalue weighted by Gasteiger charge is 2.13.